The lowest BCUT2D eigenvalue weighted by atomic mass is 9.73. The molecule has 3 saturated heterocycles. The van der Waals surface area contributed by atoms with Crippen molar-refractivity contribution in [2.45, 2.75) is 194 Å². The Bertz CT molecular complexity index is 1370. The van der Waals surface area contributed by atoms with E-state index in [2.05, 4.69) is 10.5 Å². The first-order valence-electron chi connectivity index (χ1n) is 21.5. The highest BCUT2D eigenvalue weighted by Crippen LogP contribution is 2.41. The van der Waals surface area contributed by atoms with Crippen molar-refractivity contribution >= 4 is 11.7 Å². The molecule has 3 fully saturated rings. The predicted molar refractivity (Wildman–Crippen MR) is 229 cm³/mol. The van der Waals surface area contributed by atoms with E-state index in [4.69, 9.17) is 33.3 Å². The smallest absolute Gasteiger partial charge is 0.311 e. The number of nitrogens with one attached hydrogen (secondary N) is 1. The lowest BCUT2D eigenvalue weighted by Crippen LogP contribution is -2.61. The summed E-state index contributed by atoms with van der Waals surface area (Å²) in [6.07, 6.45) is -5.55. The van der Waals surface area contributed by atoms with E-state index >= 15 is 0 Å². The van der Waals surface area contributed by atoms with E-state index in [1.807, 2.05) is 51.9 Å². The maximum absolute atomic E-state index is 14.4. The third-order valence-electron chi connectivity index (χ3n) is 12.9. The summed E-state index contributed by atoms with van der Waals surface area (Å²) >= 11 is 0. The molecule has 0 aromatic heterocycles. The summed E-state index contributed by atoms with van der Waals surface area (Å²) in [5.74, 6) is -4.01. The van der Waals surface area contributed by atoms with E-state index < -0.39 is 102 Å². The third-order valence-corrected chi connectivity index (χ3v) is 12.9. The second kappa shape index (κ2) is 23.2. The monoisotopic (exact) mass is 862 g/mol. The zero-order chi connectivity index (χ0) is 44.6. The Hall–Kier alpha value is -1.80. The van der Waals surface area contributed by atoms with Gasteiger partial charge in [0.15, 0.2) is 12.6 Å². The van der Waals surface area contributed by atoms with Crippen LogP contribution in [0.25, 0.3) is 0 Å². The van der Waals surface area contributed by atoms with Crippen molar-refractivity contribution in [2.24, 2.45) is 28.8 Å². The van der Waals surface area contributed by atoms with Gasteiger partial charge in [0.1, 0.15) is 30.5 Å². The number of nitrogens with zero attached hydrogens (tertiary/aromatic N) is 2. The van der Waals surface area contributed by atoms with Crippen LogP contribution in [0.5, 0.6) is 0 Å². The maximum atomic E-state index is 14.4. The van der Waals surface area contributed by atoms with E-state index in [0.29, 0.717) is 18.7 Å². The topological polar surface area (TPSA) is 210 Å². The summed E-state index contributed by atoms with van der Waals surface area (Å²) in [6.45, 7) is 20.7. The Labute approximate surface area is 360 Å². The minimum absolute atomic E-state index is 0. The minimum atomic E-state index is -1.94. The number of ether oxygens (including phenoxy) is 6. The van der Waals surface area contributed by atoms with Gasteiger partial charge in [0.25, 0.3) is 0 Å². The van der Waals surface area contributed by atoms with Gasteiger partial charge in [-0.15, -0.1) is 0 Å². The number of likely N-dealkylation sites (N-methyl/N-ethyl adjacent to an activating group) is 2. The van der Waals surface area contributed by atoms with Crippen LogP contribution in [0.3, 0.4) is 0 Å². The summed E-state index contributed by atoms with van der Waals surface area (Å²) in [4.78, 5) is 22.0. The van der Waals surface area contributed by atoms with E-state index in [1.165, 1.54) is 14.0 Å². The van der Waals surface area contributed by atoms with Crippen LogP contribution < -0.4 is 5.32 Å². The maximum Gasteiger partial charge on any atom is 0.311 e. The van der Waals surface area contributed by atoms with Crippen LogP contribution in [-0.2, 0) is 38.1 Å². The summed E-state index contributed by atoms with van der Waals surface area (Å²) in [7, 11) is 5.24. The number of hydrogen-bond donors (Lipinski definition) is 6. The molecular formula is C44H83N3O13. The average Bonchev–Trinajstić information content (AvgIpc) is 3.17. The van der Waals surface area contributed by atoms with Crippen LogP contribution in [0.15, 0.2) is 17.3 Å². The molecule has 0 radical (unpaired) electrons. The number of hydrogen-bond acceptors (Lipinski definition) is 16. The lowest BCUT2D eigenvalue weighted by molar-refractivity contribution is -0.317. The van der Waals surface area contributed by atoms with Gasteiger partial charge in [0.05, 0.1) is 53.4 Å². The zero-order valence-corrected chi connectivity index (χ0v) is 38.2. The molecule has 352 valence electrons. The molecule has 3 heterocycles. The molecule has 0 aromatic rings. The van der Waals surface area contributed by atoms with Crippen molar-refractivity contribution in [3.8, 4) is 0 Å². The van der Waals surface area contributed by atoms with Gasteiger partial charge in [-0.1, -0.05) is 53.3 Å². The fraction of sp³-hybridized carbons (Fsp3) is 0.909. The average molecular weight is 862 g/mol. The van der Waals surface area contributed by atoms with Gasteiger partial charge in [-0.2, -0.15) is 0 Å². The number of rotatable bonds is 13. The van der Waals surface area contributed by atoms with Crippen molar-refractivity contribution in [3.63, 3.8) is 0 Å². The molecule has 0 aromatic carbocycles. The van der Waals surface area contributed by atoms with Gasteiger partial charge >= 0.3 is 5.97 Å². The highest BCUT2D eigenvalue weighted by Gasteiger charge is 2.53. The Morgan fingerprint density at radius 1 is 0.933 bits per heavy atom. The van der Waals surface area contributed by atoms with Crippen molar-refractivity contribution < 1.29 is 63.6 Å². The number of esters is 1. The summed E-state index contributed by atoms with van der Waals surface area (Å²) in [5, 5.41) is 67.0. The summed E-state index contributed by atoms with van der Waals surface area (Å²) in [6, 6.07) is -0.318. The van der Waals surface area contributed by atoms with Crippen LogP contribution >= 0.6 is 0 Å². The molecule has 0 spiro atoms. The lowest BCUT2D eigenvalue weighted by Gasteiger charge is -2.49. The third kappa shape index (κ3) is 13.1. The van der Waals surface area contributed by atoms with Crippen LogP contribution in [0, 0.1) is 23.7 Å². The molecule has 16 nitrogen and oxygen atoms in total. The first-order valence-corrected chi connectivity index (χ1v) is 21.5. The first-order chi connectivity index (χ1) is 27.5. The predicted octanol–water partition coefficient (Wildman–Crippen LogP) is 3.39. The van der Waals surface area contributed by atoms with Crippen molar-refractivity contribution in [1.82, 2.24) is 10.2 Å². The van der Waals surface area contributed by atoms with Crippen LogP contribution in [-0.4, -0.2) is 167 Å². The normalized spacial score (nSPS) is 44.6. The Kier molecular flexibility index (Phi) is 21.0. The molecule has 0 amide bonds. The van der Waals surface area contributed by atoms with Gasteiger partial charge in [-0.25, -0.2) is 0 Å². The minimum Gasteiger partial charge on any atom is -0.459 e. The number of methoxy groups -OCH3 is 1. The SMILES string of the molecule is C.CCNC/C=C/CON=C1[C@H](C)C[C@@](C)(O)[C@H](OC2OC(C)CC(N(C)C)C2O)[C@@H](C)[C@H](OC2CC(C)(OC)C(O)C(C)O2)[C@@H](C)C(=O)O[C@H](CC)[C@@](C)(O)[C@H](O)[C@H]1C. The summed E-state index contributed by atoms with van der Waals surface area (Å²) < 4.78 is 37.8. The zero-order valence-electron chi connectivity index (χ0n) is 38.2. The van der Waals surface area contributed by atoms with Gasteiger partial charge < -0.3 is 69.0 Å². The van der Waals surface area contributed by atoms with Crippen LogP contribution in [0.4, 0.5) is 0 Å². The second-order valence-corrected chi connectivity index (χ2v) is 18.2. The first kappa shape index (κ1) is 54.3. The molecule has 3 aliphatic rings. The van der Waals surface area contributed by atoms with E-state index in [9.17, 15) is 30.3 Å². The van der Waals surface area contributed by atoms with E-state index in [0.717, 1.165) is 6.54 Å². The molecule has 60 heavy (non-hydrogen) atoms. The molecule has 6 N–H and O–H groups in total. The Morgan fingerprint density at radius 3 is 2.17 bits per heavy atom. The van der Waals surface area contributed by atoms with Gasteiger partial charge in [0.2, 0.25) is 0 Å². The Morgan fingerprint density at radius 2 is 1.58 bits per heavy atom. The van der Waals surface area contributed by atoms with Crippen molar-refractivity contribution in [3.05, 3.63) is 12.2 Å². The number of cyclic esters (lactones) is 1. The highest BCUT2D eigenvalue weighted by molar-refractivity contribution is 5.88. The van der Waals surface area contributed by atoms with Crippen LogP contribution in [0.1, 0.15) is 109 Å². The number of carbonyl (C=O) groups is 1. The van der Waals surface area contributed by atoms with Gasteiger partial charge in [-0.05, 0) is 87.5 Å². The fourth-order valence-electron chi connectivity index (χ4n) is 9.13. The molecule has 18 atom stereocenters. The number of aliphatic hydroxyl groups is 5. The molecular weight excluding hydrogens is 778 g/mol. The fourth-order valence-corrected chi connectivity index (χ4v) is 9.13. The van der Waals surface area contributed by atoms with E-state index in [1.54, 1.807) is 48.5 Å². The van der Waals surface area contributed by atoms with Gasteiger partial charge in [-0.3, -0.25) is 4.79 Å². The quantitative estimate of drug-likeness (QED) is 0.0679. The largest absolute Gasteiger partial charge is 0.459 e. The van der Waals surface area contributed by atoms with Crippen molar-refractivity contribution in [2.75, 3.05) is 40.9 Å². The molecule has 16 heteroatoms. The molecule has 0 aliphatic carbocycles. The standard InChI is InChI=1S/C43H79N3O13.CH4/c1-15-31-43(11,52)36(48)26(5)33(45-54-20-18-17-19-44-16-2)24(3)22-41(9,51)38(59-40-34(47)30(46(12)13)21-25(4)55-40)27(6)35(28(7)39(50)57-31)58-32-23-42(10,53-14)37(49)29(8)56-32;/h17-18,24-32,34-38,40,44,47-49,51-52H,15-16,19-23H2,1-14H3;1H4/b18-17+,45-33?;/t24-,25?,26+,27+,28-,29?,30?,31-,32?,34?,35+,36-,37?,38-,40?,41-,42?,43-;/m1./s1. The van der Waals surface area contributed by atoms with E-state index in [-0.39, 0.29) is 45.4 Å². The molecule has 3 rings (SSSR count). The van der Waals surface area contributed by atoms with Crippen LogP contribution in [0.2, 0.25) is 0 Å². The number of carbonyl (C=O) groups excluding carboxylic acids is 1. The molecule has 0 bridgehead atoms. The van der Waals surface area contributed by atoms with Gasteiger partial charge in [0, 0.05) is 43.9 Å². The number of aliphatic hydroxyl groups excluding tert-OH is 3. The molecule has 8 unspecified atom stereocenters. The highest BCUT2D eigenvalue weighted by atomic mass is 16.7. The summed E-state index contributed by atoms with van der Waals surface area (Å²) in [5.41, 5.74) is -4.37. The number of oxime groups is 1. The van der Waals surface area contributed by atoms with Crippen molar-refractivity contribution in [1.29, 1.82) is 0 Å². The molecule has 3 aliphatic heterocycles. The second-order valence-electron chi connectivity index (χ2n) is 18.2. The Balaban J connectivity index is 0.0000124. The molecule has 0 saturated carbocycles.